The SMILES string of the molecule is CCC1CCCC(OCC(=O)Nc2cccc(N)c2C)C1. The van der Waals surface area contributed by atoms with Gasteiger partial charge in [0.1, 0.15) is 6.61 Å². The summed E-state index contributed by atoms with van der Waals surface area (Å²) in [6.07, 6.45) is 6.09. The minimum atomic E-state index is -0.109. The number of hydrogen-bond acceptors (Lipinski definition) is 3. The highest BCUT2D eigenvalue weighted by molar-refractivity contribution is 5.93. The third-order valence-corrected chi connectivity index (χ3v) is 4.41. The maximum atomic E-state index is 12.0. The summed E-state index contributed by atoms with van der Waals surface area (Å²) >= 11 is 0. The highest BCUT2D eigenvalue weighted by Crippen LogP contribution is 2.28. The van der Waals surface area contributed by atoms with Gasteiger partial charge < -0.3 is 15.8 Å². The lowest BCUT2D eigenvalue weighted by Gasteiger charge is -2.28. The highest BCUT2D eigenvalue weighted by atomic mass is 16.5. The maximum Gasteiger partial charge on any atom is 0.250 e. The van der Waals surface area contributed by atoms with Gasteiger partial charge in [-0.15, -0.1) is 0 Å². The number of nitrogen functional groups attached to an aromatic ring is 1. The van der Waals surface area contributed by atoms with Crippen molar-refractivity contribution in [3.63, 3.8) is 0 Å². The number of carbonyl (C=O) groups is 1. The molecule has 1 fully saturated rings. The topological polar surface area (TPSA) is 64.3 Å². The normalized spacial score (nSPS) is 22.0. The molecule has 0 saturated heterocycles. The van der Waals surface area contributed by atoms with Gasteiger partial charge in [-0.2, -0.15) is 0 Å². The van der Waals surface area contributed by atoms with Crippen molar-refractivity contribution in [2.24, 2.45) is 5.92 Å². The first-order valence-corrected chi connectivity index (χ1v) is 7.86. The van der Waals surface area contributed by atoms with E-state index >= 15 is 0 Å². The first kappa shape index (κ1) is 15.8. The molecule has 1 amide bonds. The lowest BCUT2D eigenvalue weighted by molar-refractivity contribution is -0.123. The van der Waals surface area contributed by atoms with Crippen molar-refractivity contribution in [3.05, 3.63) is 23.8 Å². The van der Waals surface area contributed by atoms with Crippen LogP contribution in [0.4, 0.5) is 11.4 Å². The van der Waals surface area contributed by atoms with E-state index in [4.69, 9.17) is 10.5 Å². The minimum Gasteiger partial charge on any atom is -0.398 e. The zero-order valence-corrected chi connectivity index (χ0v) is 13.0. The fraction of sp³-hybridized carbons (Fsp3) is 0.588. The molecule has 0 spiro atoms. The Morgan fingerprint density at radius 3 is 3.00 bits per heavy atom. The number of anilines is 2. The fourth-order valence-corrected chi connectivity index (χ4v) is 2.93. The Morgan fingerprint density at radius 1 is 1.43 bits per heavy atom. The van der Waals surface area contributed by atoms with Crippen LogP contribution < -0.4 is 11.1 Å². The molecule has 0 aromatic heterocycles. The molecule has 1 aliphatic rings. The second-order valence-corrected chi connectivity index (χ2v) is 5.94. The Kier molecular flexibility index (Phi) is 5.62. The minimum absolute atomic E-state index is 0.109. The molecule has 116 valence electrons. The van der Waals surface area contributed by atoms with Crippen LogP contribution in [0, 0.1) is 12.8 Å². The number of carbonyl (C=O) groups excluding carboxylic acids is 1. The zero-order chi connectivity index (χ0) is 15.2. The molecule has 0 bridgehead atoms. The van der Waals surface area contributed by atoms with E-state index in [-0.39, 0.29) is 18.6 Å². The van der Waals surface area contributed by atoms with Gasteiger partial charge in [-0.3, -0.25) is 4.79 Å². The van der Waals surface area contributed by atoms with Crippen LogP contribution in [0.25, 0.3) is 0 Å². The quantitative estimate of drug-likeness (QED) is 0.816. The Hall–Kier alpha value is -1.55. The molecule has 2 unspecified atom stereocenters. The van der Waals surface area contributed by atoms with E-state index in [9.17, 15) is 4.79 Å². The van der Waals surface area contributed by atoms with E-state index < -0.39 is 0 Å². The van der Waals surface area contributed by atoms with Gasteiger partial charge in [-0.25, -0.2) is 0 Å². The summed E-state index contributed by atoms with van der Waals surface area (Å²) in [5.41, 5.74) is 8.18. The summed E-state index contributed by atoms with van der Waals surface area (Å²) in [4.78, 5) is 12.0. The standard InChI is InChI=1S/C17H26N2O2/c1-3-13-6-4-7-14(10-13)21-11-17(20)19-16-9-5-8-15(18)12(16)2/h5,8-9,13-14H,3-4,6-7,10-11,18H2,1-2H3,(H,19,20). The van der Waals surface area contributed by atoms with Crippen LogP contribution in [0.5, 0.6) is 0 Å². The average molecular weight is 290 g/mol. The predicted octanol–water partition coefficient (Wildman–Crippen LogP) is 3.50. The van der Waals surface area contributed by atoms with Crippen molar-refractivity contribution in [2.75, 3.05) is 17.7 Å². The number of nitrogens with two attached hydrogens (primary N) is 1. The summed E-state index contributed by atoms with van der Waals surface area (Å²) in [7, 11) is 0. The van der Waals surface area contributed by atoms with Crippen molar-refractivity contribution < 1.29 is 9.53 Å². The van der Waals surface area contributed by atoms with E-state index in [1.807, 2.05) is 25.1 Å². The van der Waals surface area contributed by atoms with E-state index in [0.29, 0.717) is 5.69 Å². The van der Waals surface area contributed by atoms with E-state index in [2.05, 4.69) is 12.2 Å². The smallest absolute Gasteiger partial charge is 0.250 e. The van der Waals surface area contributed by atoms with Crippen molar-refractivity contribution in [1.82, 2.24) is 0 Å². The van der Waals surface area contributed by atoms with Gasteiger partial charge in [0.2, 0.25) is 5.91 Å². The van der Waals surface area contributed by atoms with Crippen molar-refractivity contribution in [3.8, 4) is 0 Å². The van der Waals surface area contributed by atoms with E-state index in [1.54, 1.807) is 0 Å². The molecule has 1 aliphatic carbocycles. The van der Waals surface area contributed by atoms with Gasteiger partial charge in [-0.05, 0) is 43.4 Å². The van der Waals surface area contributed by atoms with Gasteiger partial charge in [-0.1, -0.05) is 32.3 Å². The molecule has 1 aromatic carbocycles. The van der Waals surface area contributed by atoms with E-state index in [1.165, 1.54) is 19.3 Å². The Labute approximate surface area is 127 Å². The predicted molar refractivity (Wildman–Crippen MR) is 86.2 cm³/mol. The van der Waals surface area contributed by atoms with Crippen LogP contribution in [-0.4, -0.2) is 18.6 Å². The number of hydrogen-bond donors (Lipinski definition) is 2. The molecule has 0 aliphatic heterocycles. The third-order valence-electron chi connectivity index (χ3n) is 4.41. The highest BCUT2D eigenvalue weighted by Gasteiger charge is 2.22. The van der Waals surface area contributed by atoms with Crippen LogP contribution in [-0.2, 0) is 9.53 Å². The van der Waals surface area contributed by atoms with Gasteiger partial charge in [0.15, 0.2) is 0 Å². The van der Waals surface area contributed by atoms with Gasteiger partial charge in [0.05, 0.1) is 6.10 Å². The molecule has 0 radical (unpaired) electrons. The van der Waals surface area contributed by atoms with Crippen molar-refractivity contribution in [1.29, 1.82) is 0 Å². The second-order valence-electron chi connectivity index (χ2n) is 5.94. The molecule has 4 heteroatoms. The molecule has 2 atom stereocenters. The molecule has 1 aromatic rings. The summed E-state index contributed by atoms with van der Waals surface area (Å²) in [5, 5.41) is 2.87. The molecule has 2 rings (SSSR count). The summed E-state index contributed by atoms with van der Waals surface area (Å²) in [5.74, 6) is 0.644. The number of amides is 1. The molecule has 4 nitrogen and oxygen atoms in total. The van der Waals surface area contributed by atoms with Crippen molar-refractivity contribution >= 4 is 17.3 Å². The summed E-state index contributed by atoms with van der Waals surface area (Å²) in [6.45, 7) is 4.25. The molecule has 21 heavy (non-hydrogen) atoms. The van der Waals surface area contributed by atoms with Crippen molar-refractivity contribution in [2.45, 2.75) is 52.1 Å². The number of benzene rings is 1. The lowest BCUT2D eigenvalue weighted by atomic mass is 9.85. The molecular formula is C17H26N2O2. The maximum absolute atomic E-state index is 12.0. The van der Waals surface area contributed by atoms with Gasteiger partial charge in [0, 0.05) is 11.4 Å². The van der Waals surface area contributed by atoms with E-state index in [0.717, 1.165) is 30.0 Å². The molecular weight excluding hydrogens is 264 g/mol. The second kappa shape index (κ2) is 7.46. The summed E-state index contributed by atoms with van der Waals surface area (Å²) < 4.78 is 5.78. The number of rotatable bonds is 5. The Morgan fingerprint density at radius 2 is 2.24 bits per heavy atom. The first-order valence-electron chi connectivity index (χ1n) is 7.86. The van der Waals surface area contributed by atoms with Crippen LogP contribution >= 0.6 is 0 Å². The molecule has 3 N–H and O–H groups in total. The Balaban J connectivity index is 1.81. The Bertz CT molecular complexity index is 488. The monoisotopic (exact) mass is 290 g/mol. The number of ether oxygens (including phenoxy) is 1. The van der Waals surface area contributed by atoms with Crippen LogP contribution in [0.2, 0.25) is 0 Å². The summed E-state index contributed by atoms with van der Waals surface area (Å²) in [6, 6.07) is 5.53. The molecule has 0 heterocycles. The molecule has 1 saturated carbocycles. The van der Waals surface area contributed by atoms with Crippen LogP contribution in [0.15, 0.2) is 18.2 Å². The average Bonchev–Trinajstić information content (AvgIpc) is 2.50. The van der Waals surface area contributed by atoms with Crippen LogP contribution in [0.3, 0.4) is 0 Å². The zero-order valence-electron chi connectivity index (χ0n) is 13.0. The first-order chi connectivity index (χ1) is 10.1. The largest absolute Gasteiger partial charge is 0.398 e. The fourth-order valence-electron chi connectivity index (χ4n) is 2.93. The van der Waals surface area contributed by atoms with Crippen LogP contribution in [0.1, 0.15) is 44.6 Å². The van der Waals surface area contributed by atoms with Gasteiger partial charge >= 0.3 is 0 Å². The van der Waals surface area contributed by atoms with Gasteiger partial charge in [0.25, 0.3) is 0 Å². The number of nitrogens with one attached hydrogen (secondary N) is 1. The lowest BCUT2D eigenvalue weighted by Crippen LogP contribution is -2.27. The third kappa shape index (κ3) is 4.46.